The highest BCUT2D eigenvalue weighted by Gasteiger charge is 1.94. The third kappa shape index (κ3) is 8.24. The Morgan fingerprint density at radius 2 is 1.44 bits per heavy atom. The number of unbranched alkanes of at least 4 members (excludes halogenated alkanes) is 8. The Hall–Kier alpha value is -0.890. The van der Waals surface area contributed by atoms with Gasteiger partial charge in [-0.25, -0.2) is 0 Å². The average Bonchev–Trinajstić information content (AvgIpc) is 2.42. The van der Waals surface area contributed by atoms with Gasteiger partial charge < -0.3 is 5.73 Å². The molecule has 1 aromatic heterocycles. The lowest BCUT2D eigenvalue weighted by atomic mass is 10.0. The van der Waals surface area contributed by atoms with Gasteiger partial charge in [0.25, 0.3) is 0 Å². The highest BCUT2D eigenvalue weighted by atomic mass is 14.6. The molecule has 0 saturated heterocycles. The molecule has 0 aliphatic heterocycles. The molecule has 1 heterocycles. The summed E-state index contributed by atoms with van der Waals surface area (Å²) in [6.45, 7) is 0.855. The predicted molar refractivity (Wildman–Crippen MR) is 78.5 cm³/mol. The highest BCUT2D eigenvalue weighted by molar-refractivity contribution is 5.08. The number of rotatable bonds is 11. The number of nitrogens with two attached hydrogens (primary N) is 1. The minimum absolute atomic E-state index is 0.855. The first-order valence-electron chi connectivity index (χ1n) is 7.52. The van der Waals surface area contributed by atoms with Crippen LogP contribution in [0.5, 0.6) is 0 Å². The fourth-order valence-electron chi connectivity index (χ4n) is 2.26. The number of aryl methyl sites for hydroxylation is 1. The Kier molecular flexibility index (Phi) is 9.45. The zero-order valence-electron chi connectivity index (χ0n) is 11.6. The maximum absolute atomic E-state index is 5.47. The van der Waals surface area contributed by atoms with Crippen LogP contribution in [-0.2, 0) is 6.42 Å². The van der Waals surface area contributed by atoms with Crippen molar-refractivity contribution in [3.8, 4) is 0 Å². The SMILES string of the molecule is NCCCCCCCCCCCc1cccnc1. The molecule has 0 unspecified atom stereocenters. The van der Waals surface area contributed by atoms with Gasteiger partial charge in [0.1, 0.15) is 0 Å². The van der Waals surface area contributed by atoms with Crippen molar-refractivity contribution >= 4 is 0 Å². The zero-order valence-corrected chi connectivity index (χ0v) is 11.6. The van der Waals surface area contributed by atoms with E-state index in [0.29, 0.717) is 0 Å². The van der Waals surface area contributed by atoms with E-state index in [9.17, 15) is 0 Å². The summed E-state index contributed by atoms with van der Waals surface area (Å²) in [5.74, 6) is 0. The lowest BCUT2D eigenvalue weighted by molar-refractivity contribution is 0.560. The summed E-state index contributed by atoms with van der Waals surface area (Å²) in [4.78, 5) is 4.14. The maximum Gasteiger partial charge on any atom is 0.0299 e. The Bertz CT molecular complexity index is 272. The summed E-state index contributed by atoms with van der Waals surface area (Å²) >= 11 is 0. The van der Waals surface area contributed by atoms with E-state index >= 15 is 0 Å². The molecule has 102 valence electrons. The molecule has 0 saturated carbocycles. The number of pyridine rings is 1. The van der Waals surface area contributed by atoms with Gasteiger partial charge in [-0.2, -0.15) is 0 Å². The highest BCUT2D eigenvalue weighted by Crippen LogP contribution is 2.11. The van der Waals surface area contributed by atoms with Crippen molar-refractivity contribution in [2.75, 3.05) is 6.54 Å². The Balaban J connectivity index is 1.82. The summed E-state index contributed by atoms with van der Waals surface area (Å²) in [6, 6.07) is 4.20. The quantitative estimate of drug-likeness (QED) is 0.599. The first kappa shape index (κ1) is 15.2. The van der Waals surface area contributed by atoms with Crippen molar-refractivity contribution in [1.82, 2.24) is 4.98 Å². The van der Waals surface area contributed by atoms with Crippen molar-refractivity contribution in [1.29, 1.82) is 0 Å². The smallest absolute Gasteiger partial charge is 0.0299 e. The molecule has 0 bridgehead atoms. The summed E-state index contributed by atoms with van der Waals surface area (Å²) < 4.78 is 0. The van der Waals surface area contributed by atoms with E-state index in [-0.39, 0.29) is 0 Å². The number of aromatic nitrogens is 1. The lowest BCUT2D eigenvalue weighted by Crippen LogP contribution is -1.97. The molecule has 1 rings (SSSR count). The molecule has 0 aliphatic rings. The van der Waals surface area contributed by atoms with Crippen LogP contribution in [-0.4, -0.2) is 11.5 Å². The third-order valence-corrected chi connectivity index (χ3v) is 3.39. The maximum atomic E-state index is 5.47. The van der Waals surface area contributed by atoms with Crippen LogP contribution in [0.1, 0.15) is 63.4 Å². The summed E-state index contributed by atoms with van der Waals surface area (Å²) in [5, 5.41) is 0. The van der Waals surface area contributed by atoms with E-state index in [4.69, 9.17) is 5.73 Å². The van der Waals surface area contributed by atoms with Crippen molar-refractivity contribution in [2.45, 2.75) is 64.2 Å². The molecule has 0 aliphatic carbocycles. The average molecular weight is 248 g/mol. The van der Waals surface area contributed by atoms with Gasteiger partial charge in [-0.1, -0.05) is 51.0 Å². The molecule has 0 amide bonds. The van der Waals surface area contributed by atoms with Crippen LogP contribution in [0.2, 0.25) is 0 Å². The molecule has 2 nitrogen and oxygen atoms in total. The first-order chi connectivity index (χ1) is 8.93. The van der Waals surface area contributed by atoms with Crippen LogP contribution in [0, 0.1) is 0 Å². The van der Waals surface area contributed by atoms with Crippen molar-refractivity contribution in [2.24, 2.45) is 5.73 Å². The minimum atomic E-state index is 0.855. The first-order valence-corrected chi connectivity index (χ1v) is 7.52. The van der Waals surface area contributed by atoms with Gasteiger partial charge >= 0.3 is 0 Å². The molecule has 2 heteroatoms. The largest absolute Gasteiger partial charge is 0.330 e. The van der Waals surface area contributed by atoms with E-state index in [1.54, 1.807) is 0 Å². The fraction of sp³-hybridized carbons (Fsp3) is 0.688. The van der Waals surface area contributed by atoms with E-state index in [0.717, 1.165) is 6.54 Å². The molecule has 0 fully saturated rings. The number of nitrogens with zero attached hydrogens (tertiary/aromatic N) is 1. The van der Waals surface area contributed by atoms with Gasteiger partial charge in [0.05, 0.1) is 0 Å². The van der Waals surface area contributed by atoms with Crippen molar-refractivity contribution in [3.05, 3.63) is 30.1 Å². The third-order valence-electron chi connectivity index (χ3n) is 3.39. The van der Waals surface area contributed by atoms with E-state index in [1.807, 2.05) is 18.5 Å². The Morgan fingerprint density at radius 3 is 2.00 bits per heavy atom. The zero-order chi connectivity index (χ0) is 12.9. The topological polar surface area (TPSA) is 38.9 Å². The van der Waals surface area contributed by atoms with Gasteiger partial charge in [0.2, 0.25) is 0 Å². The second-order valence-electron chi connectivity index (χ2n) is 5.08. The van der Waals surface area contributed by atoms with Gasteiger partial charge in [-0.15, -0.1) is 0 Å². The van der Waals surface area contributed by atoms with Crippen LogP contribution in [0.4, 0.5) is 0 Å². The number of hydrogen-bond acceptors (Lipinski definition) is 2. The second-order valence-corrected chi connectivity index (χ2v) is 5.08. The summed E-state index contributed by atoms with van der Waals surface area (Å²) in [6.07, 6.45) is 17.1. The molecule has 2 N–H and O–H groups in total. The van der Waals surface area contributed by atoms with Crippen LogP contribution in [0.3, 0.4) is 0 Å². The lowest BCUT2D eigenvalue weighted by Gasteiger charge is -2.02. The summed E-state index contributed by atoms with van der Waals surface area (Å²) in [7, 11) is 0. The van der Waals surface area contributed by atoms with Crippen molar-refractivity contribution < 1.29 is 0 Å². The van der Waals surface area contributed by atoms with Crippen LogP contribution < -0.4 is 5.73 Å². The van der Waals surface area contributed by atoms with E-state index in [2.05, 4.69) is 11.1 Å². The molecule has 0 radical (unpaired) electrons. The van der Waals surface area contributed by atoms with Crippen LogP contribution >= 0.6 is 0 Å². The fourth-order valence-corrected chi connectivity index (χ4v) is 2.26. The Morgan fingerprint density at radius 1 is 0.833 bits per heavy atom. The molecule has 0 atom stereocenters. The molecule has 0 spiro atoms. The van der Waals surface area contributed by atoms with Gasteiger partial charge in [-0.3, -0.25) is 4.98 Å². The second kappa shape index (κ2) is 11.2. The summed E-state index contributed by atoms with van der Waals surface area (Å²) in [5.41, 5.74) is 6.84. The van der Waals surface area contributed by atoms with Crippen LogP contribution in [0.15, 0.2) is 24.5 Å². The van der Waals surface area contributed by atoms with Gasteiger partial charge in [0.15, 0.2) is 0 Å². The number of hydrogen-bond donors (Lipinski definition) is 1. The Labute approximate surface area is 112 Å². The molecular weight excluding hydrogens is 220 g/mol. The molecule has 1 aromatic rings. The predicted octanol–water partition coefficient (Wildman–Crippen LogP) is 4.09. The standard InChI is InChI=1S/C16H28N2/c17-13-9-7-5-3-1-2-4-6-8-11-16-12-10-14-18-15-16/h10,12,14-15H,1-9,11,13,17H2. The molecule has 0 aromatic carbocycles. The molecule has 18 heavy (non-hydrogen) atoms. The van der Waals surface area contributed by atoms with Gasteiger partial charge in [0, 0.05) is 12.4 Å². The monoisotopic (exact) mass is 248 g/mol. The van der Waals surface area contributed by atoms with Gasteiger partial charge in [-0.05, 0) is 37.4 Å². The molecular formula is C16H28N2. The van der Waals surface area contributed by atoms with Crippen molar-refractivity contribution in [3.63, 3.8) is 0 Å². The van der Waals surface area contributed by atoms with E-state index < -0.39 is 0 Å². The van der Waals surface area contributed by atoms with E-state index in [1.165, 1.54) is 69.8 Å². The van der Waals surface area contributed by atoms with Crippen LogP contribution in [0.25, 0.3) is 0 Å². The minimum Gasteiger partial charge on any atom is -0.330 e. The normalized spacial score (nSPS) is 10.7.